The van der Waals surface area contributed by atoms with E-state index in [1.807, 2.05) is 41.3 Å². The predicted molar refractivity (Wildman–Crippen MR) is 120 cm³/mol. The molecule has 0 N–H and O–H groups in total. The second-order valence-electron chi connectivity index (χ2n) is 7.99. The highest BCUT2D eigenvalue weighted by molar-refractivity contribution is 5.76. The van der Waals surface area contributed by atoms with Gasteiger partial charge in [-0.1, -0.05) is 17.3 Å². The van der Waals surface area contributed by atoms with Gasteiger partial charge in [0.2, 0.25) is 17.6 Å². The largest absolute Gasteiger partial charge is 0.497 e. The van der Waals surface area contributed by atoms with Crippen LogP contribution in [0, 0.1) is 0 Å². The van der Waals surface area contributed by atoms with Gasteiger partial charge < -0.3 is 14.2 Å². The summed E-state index contributed by atoms with van der Waals surface area (Å²) in [4.78, 5) is 25.7. The zero-order chi connectivity index (χ0) is 22.3. The summed E-state index contributed by atoms with van der Waals surface area (Å²) in [5.74, 6) is 2.16. The van der Waals surface area contributed by atoms with Gasteiger partial charge in [0.1, 0.15) is 5.75 Å². The van der Waals surface area contributed by atoms with Gasteiger partial charge in [0.05, 0.1) is 13.2 Å². The third-order valence-corrected chi connectivity index (χ3v) is 5.94. The van der Waals surface area contributed by atoms with Crippen LogP contribution in [0.25, 0.3) is 11.4 Å². The lowest BCUT2D eigenvalue weighted by atomic mass is 10.1. The summed E-state index contributed by atoms with van der Waals surface area (Å²) in [7, 11) is 1.65. The third kappa shape index (κ3) is 5.31. The van der Waals surface area contributed by atoms with Gasteiger partial charge in [0, 0.05) is 50.6 Å². The van der Waals surface area contributed by atoms with Gasteiger partial charge in [-0.3, -0.25) is 14.7 Å². The second kappa shape index (κ2) is 10.4. The number of amides is 1. The molecule has 1 amide bonds. The maximum absolute atomic E-state index is 12.8. The van der Waals surface area contributed by atoms with E-state index >= 15 is 0 Å². The topological polar surface area (TPSA) is 84.6 Å². The number of hydrogen-bond donors (Lipinski definition) is 0. The first-order valence-corrected chi connectivity index (χ1v) is 11.0. The van der Waals surface area contributed by atoms with E-state index in [1.165, 1.54) is 0 Å². The number of aromatic nitrogens is 3. The van der Waals surface area contributed by atoms with Crippen molar-refractivity contribution in [2.24, 2.45) is 0 Å². The van der Waals surface area contributed by atoms with Gasteiger partial charge >= 0.3 is 0 Å². The molecule has 3 aromatic rings. The summed E-state index contributed by atoms with van der Waals surface area (Å²) in [6.45, 7) is 5.21. The lowest BCUT2D eigenvalue weighted by Crippen LogP contribution is -2.36. The Morgan fingerprint density at radius 1 is 1.16 bits per heavy atom. The van der Waals surface area contributed by atoms with Crippen molar-refractivity contribution in [1.29, 1.82) is 0 Å². The number of ether oxygens (including phenoxy) is 1. The van der Waals surface area contributed by atoms with Crippen LogP contribution in [0.2, 0.25) is 0 Å². The Labute approximate surface area is 188 Å². The van der Waals surface area contributed by atoms with E-state index in [2.05, 4.69) is 26.9 Å². The molecule has 1 atom stereocenters. The molecule has 0 aliphatic carbocycles. The Bertz CT molecular complexity index is 1010. The number of hydrogen-bond acceptors (Lipinski definition) is 7. The molecule has 1 saturated heterocycles. The van der Waals surface area contributed by atoms with Gasteiger partial charge in [0.25, 0.3) is 0 Å². The summed E-state index contributed by atoms with van der Waals surface area (Å²) < 4.78 is 10.7. The molecule has 8 nitrogen and oxygen atoms in total. The first kappa shape index (κ1) is 22.0. The van der Waals surface area contributed by atoms with Gasteiger partial charge in [-0.15, -0.1) is 0 Å². The van der Waals surface area contributed by atoms with Gasteiger partial charge in [-0.2, -0.15) is 4.98 Å². The molecule has 0 unspecified atom stereocenters. The highest BCUT2D eigenvalue weighted by Crippen LogP contribution is 2.23. The molecular weight excluding hydrogens is 406 g/mol. The maximum Gasteiger partial charge on any atom is 0.244 e. The molecule has 4 rings (SSSR count). The minimum absolute atomic E-state index is 0.0118. The SMILES string of the molecule is COc1ccc(CCC(=O)N2CCCN([C@H](C)c3nc(-c4cccnc4)no3)CC2)cc1. The minimum atomic E-state index is -0.0118. The van der Waals surface area contributed by atoms with Crippen molar-refractivity contribution in [3.63, 3.8) is 0 Å². The fourth-order valence-corrected chi connectivity index (χ4v) is 3.95. The predicted octanol–water partition coefficient (Wildman–Crippen LogP) is 3.37. The molecule has 0 saturated carbocycles. The van der Waals surface area contributed by atoms with E-state index in [-0.39, 0.29) is 11.9 Å². The number of rotatable bonds is 7. The van der Waals surface area contributed by atoms with Crippen molar-refractivity contribution in [2.75, 3.05) is 33.3 Å². The Hall–Kier alpha value is -3.26. The third-order valence-electron chi connectivity index (χ3n) is 5.94. The average Bonchev–Trinajstić information content (AvgIpc) is 3.21. The minimum Gasteiger partial charge on any atom is -0.497 e. The van der Waals surface area contributed by atoms with Crippen LogP contribution in [0.5, 0.6) is 5.75 Å². The Morgan fingerprint density at radius 2 is 2.00 bits per heavy atom. The molecule has 1 aliphatic rings. The molecule has 0 radical (unpaired) electrons. The van der Waals surface area contributed by atoms with Crippen LogP contribution < -0.4 is 4.74 Å². The monoisotopic (exact) mass is 435 g/mol. The summed E-state index contributed by atoms with van der Waals surface area (Å²) >= 11 is 0. The quantitative estimate of drug-likeness (QED) is 0.562. The van der Waals surface area contributed by atoms with Gasteiger partial charge in [-0.25, -0.2) is 0 Å². The zero-order valence-electron chi connectivity index (χ0n) is 18.6. The molecule has 0 bridgehead atoms. The van der Waals surface area contributed by atoms with Crippen LogP contribution in [0.1, 0.15) is 37.3 Å². The number of nitrogens with zero attached hydrogens (tertiary/aromatic N) is 5. The highest BCUT2D eigenvalue weighted by atomic mass is 16.5. The fourth-order valence-electron chi connectivity index (χ4n) is 3.95. The van der Waals surface area contributed by atoms with Crippen LogP contribution in [0.3, 0.4) is 0 Å². The molecular formula is C24H29N5O3. The molecule has 1 fully saturated rings. The van der Waals surface area contributed by atoms with Crippen LogP contribution in [-0.2, 0) is 11.2 Å². The van der Waals surface area contributed by atoms with Crippen molar-refractivity contribution >= 4 is 5.91 Å². The molecule has 1 aliphatic heterocycles. The van der Waals surface area contributed by atoms with Crippen LogP contribution in [0.4, 0.5) is 0 Å². The Morgan fingerprint density at radius 3 is 2.75 bits per heavy atom. The smallest absolute Gasteiger partial charge is 0.244 e. The van der Waals surface area contributed by atoms with E-state index in [4.69, 9.17) is 9.26 Å². The summed E-state index contributed by atoms with van der Waals surface area (Å²) in [6.07, 6.45) is 5.61. The highest BCUT2D eigenvalue weighted by Gasteiger charge is 2.26. The van der Waals surface area contributed by atoms with Crippen LogP contribution in [0.15, 0.2) is 53.3 Å². The van der Waals surface area contributed by atoms with E-state index in [1.54, 1.807) is 19.5 Å². The molecule has 2 aromatic heterocycles. The summed E-state index contributed by atoms with van der Waals surface area (Å²) in [6, 6.07) is 11.6. The lowest BCUT2D eigenvalue weighted by molar-refractivity contribution is -0.131. The number of carbonyl (C=O) groups is 1. The van der Waals surface area contributed by atoms with E-state index in [0.29, 0.717) is 24.7 Å². The average molecular weight is 436 g/mol. The van der Waals surface area contributed by atoms with Gasteiger partial charge in [0.15, 0.2) is 0 Å². The van der Waals surface area contributed by atoms with Crippen molar-refractivity contribution in [2.45, 2.75) is 32.2 Å². The first-order valence-electron chi connectivity index (χ1n) is 11.0. The molecule has 1 aromatic carbocycles. The molecule has 3 heterocycles. The maximum atomic E-state index is 12.8. The Balaban J connectivity index is 1.30. The fraction of sp³-hybridized carbons (Fsp3) is 0.417. The molecule has 8 heteroatoms. The molecule has 0 spiro atoms. The van der Waals surface area contributed by atoms with Crippen LogP contribution >= 0.6 is 0 Å². The van der Waals surface area contributed by atoms with Crippen molar-refractivity contribution in [1.82, 2.24) is 24.9 Å². The standard InChI is InChI=1S/C24H29N5O3/c1-18(24-26-23(27-32-24)20-5-3-12-25-17-20)28-13-4-14-29(16-15-28)22(30)11-8-19-6-9-21(31-2)10-7-19/h3,5-7,9-10,12,17-18H,4,8,11,13-16H2,1-2H3/t18-/m1/s1. The summed E-state index contributed by atoms with van der Waals surface area (Å²) in [5.41, 5.74) is 1.98. The van der Waals surface area contributed by atoms with Gasteiger partial charge in [-0.05, 0) is 49.6 Å². The number of aryl methyl sites for hydroxylation is 1. The van der Waals surface area contributed by atoms with Crippen molar-refractivity contribution < 1.29 is 14.1 Å². The van der Waals surface area contributed by atoms with E-state index in [9.17, 15) is 4.79 Å². The first-order chi connectivity index (χ1) is 15.6. The van der Waals surface area contributed by atoms with E-state index < -0.39 is 0 Å². The molecule has 168 valence electrons. The van der Waals surface area contributed by atoms with E-state index in [0.717, 1.165) is 49.4 Å². The second-order valence-corrected chi connectivity index (χ2v) is 7.99. The lowest BCUT2D eigenvalue weighted by Gasteiger charge is -2.25. The Kier molecular flexibility index (Phi) is 7.11. The number of pyridine rings is 1. The molecule has 32 heavy (non-hydrogen) atoms. The summed E-state index contributed by atoms with van der Waals surface area (Å²) in [5, 5.41) is 4.11. The zero-order valence-corrected chi connectivity index (χ0v) is 18.6. The van der Waals surface area contributed by atoms with Crippen LogP contribution in [-0.4, -0.2) is 64.1 Å². The number of methoxy groups -OCH3 is 1. The number of benzene rings is 1. The number of carbonyl (C=O) groups excluding carboxylic acids is 1. The van der Waals surface area contributed by atoms with Crippen molar-refractivity contribution in [3.8, 4) is 17.1 Å². The normalized spacial score (nSPS) is 15.9. The van der Waals surface area contributed by atoms with Crippen molar-refractivity contribution in [3.05, 3.63) is 60.2 Å².